The Kier molecular flexibility index (Phi) is 4.55. The molecule has 0 saturated heterocycles. The van der Waals surface area contributed by atoms with Gasteiger partial charge >= 0.3 is 0 Å². The van der Waals surface area contributed by atoms with E-state index in [2.05, 4.69) is 5.32 Å². The minimum absolute atomic E-state index is 0.0395. The molecule has 0 spiro atoms. The van der Waals surface area contributed by atoms with Crippen LogP contribution in [0, 0.1) is 11.6 Å². The lowest BCUT2D eigenvalue weighted by Gasteiger charge is -2.14. The van der Waals surface area contributed by atoms with E-state index in [0.29, 0.717) is 18.4 Å². The number of carbonyl (C=O) groups is 1. The predicted molar refractivity (Wildman–Crippen MR) is 58.2 cm³/mol. The van der Waals surface area contributed by atoms with Crippen LogP contribution in [0.5, 0.6) is 0 Å². The van der Waals surface area contributed by atoms with Gasteiger partial charge in [0, 0.05) is 12.5 Å². The third-order valence-electron chi connectivity index (χ3n) is 2.41. The second kappa shape index (κ2) is 5.70. The highest BCUT2D eigenvalue weighted by atomic mass is 19.2. The second-order valence-electron chi connectivity index (χ2n) is 3.84. The first kappa shape index (κ1) is 12.8. The zero-order valence-electron chi connectivity index (χ0n) is 9.39. The molecule has 1 rings (SSSR count). The van der Waals surface area contributed by atoms with Gasteiger partial charge in [0.15, 0.2) is 11.6 Å². The fourth-order valence-corrected chi connectivity index (χ4v) is 1.57. The molecule has 0 fully saturated rings. The lowest BCUT2D eigenvalue weighted by molar-refractivity contribution is -0.117. The summed E-state index contributed by atoms with van der Waals surface area (Å²) in [5.74, 6) is -1.63. The molecule has 1 atom stereocenters. The Hall–Kier alpha value is -1.29. The number of benzene rings is 1. The maximum Gasteiger partial charge on any atom is 0.159 e. The van der Waals surface area contributed by atoms with E-state index in [4.69, 9.17) is 0 Å². The van der Waals surface area contributed by atoms with Gasteiger partial charge in [0.25, 0.3) is 0 Å². The molecule has 0 aromatic heterocycles. The summed E-state index contributed by atoms with van der Waals surface area (Å²) in [6.45, 7) is 1.51. The van der Waals surface area contributed by atoms with Crippen LogP contribution >= 0.6 is 0 Å². The molecule has 1 aromatic carbocycles. The van der Waals surface area contributed by atoms with Crippen LogP contribution in [0.4, 0.5) is 8.78 Å². The zero-order chi connectivity index (χ0) is 12.1. The van der Waals surface area contributed by atoms with Crippen molar-refractivity contribution in [3.63, 3.8) is 0 Å². The molecular weight excluding hydrogens is 212 g/mol. The van der Waals surface area contributed by atoms with Crippen molar-refractivity contribution in [1.82, 2.24) is 5.32 Å². The molecule has 4 heteroatoms. The standard InChI is InChI=1S/C12H15F2NO/c1-8(16)5-10(15-2)6-9-3-4-11(13)12(14)7-9/h3-4,7,10,15H,5-6H2,1-2H3/t10-/m1/s1. The van der Waals surface area contributed by atoms with E-state index >= 15 is 0 Å². The summed E-state index contributed by atoms with van der Waals surface area (Å²) < 4.78 is 25.6. The minimum atomic E-state index is -0.852. The molecule has 0 bridgehead atoms. The number of Topliss-reactive ketones (excluding diaryl/α,β-unsaturated/α-hetero) is 1. The van der Waals surface area contributed by atoms with Crippen molar-refractivity contribution in [2.45, 2.75) is 25.8 Å². The van der Waals surface area contributed by atoms with Crippen LogP contribution in [-0.2, 0) is 11.2 Å². The Morgan fingerprint density at radius 2 is 2.06 bits per heavy atom. The van der Waals surface area contributed by atoms with Gasteiger partial charge in [-0.05, 0) is 38.1 Å². The lowest BCUT2D eigenvalue weighted by atomic mass is 10.0. The molecule has 1 N–H and O–H groups in total. The van der Waals surface area contributed by atoms with Crippen molar-refractivity contribution in [1.29, 1.82) is 0 Å². The fourth-order valence-electron chi connectivity index (χ4n) is 1.57. The maximum atomic E-state index is 12.9. The number of ketones is 1. The largest absolute Gasteiger partial charge is 0.316 e. The summed E-state index contributed by atoms with van der Waals surface area (Å²) in [4.78, 5) is 11.0. The van der Waals surface area contributed by atoms with E-state index < -0.39 is 11.6 Å². The van der Waals surface area contributed by atoms with Gasteiger partial charge in [0.05, 0.1) is 0 Å². The van der Waals surface area contributed by atoms with Crippen LogP contribution in [0.15, 0.2) is 18.2 Å². The molecule has 2 nitrogen and oxygen atoms in total. The Morgan fingerprint density at radius 3 is 2.56 bits per heavy atom. The number of rotatable bonds is 5. The number of hydrogen-bond donors (Lipinski definition) is 1. The quantitative estimate of drug-likeness (QED) is 0.834. The van der Waals surface area contributed by atoms with E-state index in [1.807, 2.05) is 0 Å². The smallest absolute Gasteiger partial charge is 0.159 e. The molecule has 0 unspecified atom stereocenters. The van der Waals surface area contributed by atoms with Crippen LogP contribution < -0.4 is 5.32 Å². The molecule has 0 radical (unpaired) electrons. The molecule has 0 saturated carbocycles. The van der Waals surface area contributed by atoms with Crippen LogP contribution in [0.1, 0.15) is 18.9 Å². The SMILES string of the molecule is CN[C@H](CC(C)=O)Cc1ccc(F)c(F)c1. The van der Waals surface area contributed by atoms with Gasteiger partial charge in [-0.15, -0.1) is 0 Å². The van der Waals surface area contributed by atoms with Crippen molar-refractivity contribution in [2.24, 2.45) is 0 Å². The minimum Gasteiger partial charge on any atom is -0.316 e. The first-order valence-electron chi connectivity index (χ1n) is 5.13. The average Bonchev–Trinajstić information content (AvgIpc) is 2.22. The highest BCUT2D eigenvalue weighted by Crippen LogP contribution is 2.11. The van der Waals surface area contributed by atoms with Crippen molar-refractivity contribution in [3.05, 3.63) is 35.4 Å². The number of carbonyl (C=O) groups excluding carboxylic acids is 1. The molecule has 0 heterocycles. The van der Waals surface area contributed by atoms with Crippen molar-refractivity contribution >= 4 is 5.78 Å². The van der Waals surface area contributed by atoms with E-state index in [1.54, 1.807) is 7.05 Å². The Bertz CT molecular complexity index is 379. The van der Waals surface area contributed by atoms with Crippen LogP contribution in [0.25, 0.3) is 0 Å². The van der Waals surface area contributed by atoms with Gasteiger partial charge in [0.2, 0.25) is 0 Å². The number of halogens is 2. The van der Waals surface area contributed by atoms with E-state index in [-0.39, 0.29) is 11.8 Å². The van der Waals surface area contributed by atoms with Gasteiger partial charge in [-0.1, -0.05) is 6.07 Å². The number of hydrogen-bond acceptors (Lipinski definition) is 2. The van der Waals surface area contributed by atoms with Gasteiger partial charge in [-0.3, -0.25) is 4.79 Å². The van der Waals surface area contributed by atoms with Crippen LogP contribution in [0.3, 0.4) is 0 Å². The summed E-state index contributed by atoms with van der Waals surface area (Å²) in [5.41, 5.74) is 0.680. The maximum absolute atomic E-state index is 12.9. The van der Waals surface area contributed by atoms with Crippen molar-refractivity contribution in [3.8, 4) is 0 Å². The number of likely N-dealkylation sites (N-methyl/N-ethyl adjacent to an activating group) is 1. The van der Waals surface area contributed by atoms with Gasteiger partial charge in [-0.25, -0.2) is 8.78 Å². The third-order valence-corrected chi connectivity index (χ3v) is 2.41. The molecule has 0 aliphatic heterocycles. The molecule has 16 heavy (non-hydrogen) atoms. The Balaban J connectivity index is 2.70. The Morgan fingerprint density at radius 1 is 1.38 bits per heavy atom. The lowest BCUT2D eigenvalue weighted by Crippen LogP contribution is -2.29. The summed E-state index contributed by atoms with van der Waals surface area (Å²) in [6.07, 6.45) is 0.892. The van der Waals surface area contributed by atoms with Crippen LogP contribution in [-0.4, -0.2) is 18.9 Å². The molecule has 1 aromatic rings. The normalized spacial score (nSPS) is 12.5. The molecule has 0 aliphatic carbocycles. The summed E-state index contributed by atoms with van der Waals surface area (Å²) in [7, 11) is 1.74. The van der Waals surface area contributed by atoms with E-state index in [9.17, 15) is 13.6 Å². The summed E-state index contributed by atoms with van der Waals surface area (Å²) in [6, 6.07) is 3.76. The highest BCUT2D eigenvalue weighted by Gasteiger charge is 2.11. The van der Waals surface area contributed by atoms with Crippen molar-refractivity contribution in [2.75, 3.05) is 7.05 Å². The van der Waals surface area contributed by atoms with E-state index in [0.717, 1.165) is 6.07 Å². The van der Waals surface area contributed by atoms with Gasteiger partial charge in [0.1, 0.15) is 5.78 Å². The molecule has 88 valence electrons. The average molecular weight is 227 g/mol. The molecule has 0 amide bonds. The first-order chi connectivity index (χ1) is 7.52. The third kappa shape index (κ3) is 3.70. The van der Waals surface area contributed by atoms with Gasteiger partial charge < -0.3 is 5.32 Å². The van der Waals surface area contributed by atoms with Crippen LogP contribution in [0.2, 0.25) is 0 Å². The Labute approximate surface area is 93.7 Å². The van der Waals surface area contributed by atoms with Crippen molar-refractivity contribution < 1.29 is 13.6 Å². The second-order valence-corrected chi connectivity index (χ2v) is 3.84. The molecule has 0 aliphatic rings. The first-order valence-corrected chi connectivity index (χ1v) is 5.13. The monoisotopic (exact) mass is 227 g/mol. The summed E-state index contributed by atoms with van der Waals surface area (Å²) >= 11 is 0. The predicted octanol–water partition coefficient (Wildman–Crippen LogP) is 2.07. The number of nitrogens with one attached hydrogen (secondary N) is 1. The fraction of sp³-hybridized carbons (Fsp3) is 0.417. The zero-order valence-corrected chi connectivity index (χ0v) is 9.39. The van der Waals surface area contributed by atoms with E-state index in [1.165, 1.54) is 19.1 Å². The highest BCUT2D eigenvalue weighted by molar-refractivity contribution is 5.76. The van der Waals surface area contributed by atoms with Gasteiger partial charge in [-0.2, -0.15) is 0 Å². The summed E-state index contributed by atoms with van der Waals surface area (Å²) in [5, 5.41) is 2.98. The molecular formula is C12H15F2NO. The topological polar surface area (TPSA) is 29.1 Å².